The topological polar surface area (TPSA) is 47.3 Å². The molecule has 1 unspecified atom stereocenters. The predicted octanol–water partition coefficient (Wildman–Crippen LogP) is 1.67. The number of aryl methyl sites for hydroxylation is 1. The van der Waals surface area contributed by atoms with Gasteiger partial charge < -0.3 is 14.5 Å². The first-order chi connectivity index (χ1) is 8.31. The molecule has 1 fully saturated rings. The number of fused-ring (bicyclic) bond motifs is 1. The summed E-state index contributed by atoms with van der Waals surface area (Å²) in [4.78, 5) is 4.47. The highest BCUT2D eigenvalue weighted by Gasteiger charge is 2.17. The van der Waals surface area contributed by atoms with Crippen molar-refractivity contribution in [2.75, 3.05) is 19.7 Å². The maximum Gasteiger partial charge on any atom is 0.198 e. The summed E-state index contributed by atoms with van der Waals surface area (Å²) < 4.78 is 11.4. The number of oxazole rings is 1. The zero-order chi connectivity index (χ0) is 11.7. The molecule has 1 N–H and O–H groups in total. The van der Waals surface area contributed by atoms with E-state index in [9.17, 15) is 0 Å². The summed E-state index contributed by atoms with van der Waals surface area (Å²) in [6.45, 7) is 4.63. The van der Waals surface area contributed by atoms with E-state index in [0.29, 0.717) is 0 Å². The van der Waals surface area contributed by atoms with Crippen LogP contribution in [0.15, 0.2) is 22.6 Å². The van der Waals surface area contributed by atoms with Gasteiger partial charge in [-0.1, -0.05) is 6.07 Å². The molecule has 0 spiro atoms. The van der Waals surface area contributed by atoms with Crippen LogP contribution in [0, 0.1) is 6.92 Å². The van der Waals surface area contributed by atoms with Crippen molar-refractivity contribution in [2.45, 2.75) is 19.4 Å². The van der Waals surface area contributed by atoms with Gasteiger partial charge >= 0.3 is 0 Å². The van der Waals surface area contributed by atoms with E-state index in [1.807, 2.05) is 18.2 Å². The second-order valence-electron chi connectivity index (χ2n) is 4.48. The Kier molecular flexibility index (Phi) is 2.82. The minimum Gasteiger partial charge on any atom is -0.441 e. The Bertz CT molecular complexity index is 515. The number of hydrogen-bond donors (Lipinski definition) is 1. The van der Waals surface area contributed by atoms with Gasteiger partial charge in [0.05, 0.1) is 19.1 Å². The lowest BCUT2D eigenvalue weighted by atomic mass is 10.2. The second-order valence-corrected chi connectivity index (χ2v) is 4.48. The van der Waals surface area contributed by atoms with Gasteiger partial charge in [-0.15, -0.1) is 0 Å². The zero-order valence-corrected chi connectivity index (χ0v) is 9.90. The number of hydrogen-bond acceptors (Lipinski definition) is 4. The fraction of sp³-hybridized carbons (Fsp3) is 0.462. The molecule has 1 aromatic heterocycles. The Labute approximate surface area is 100.0 Å². The van der Waals surface area contributed by atoms with E-state index in [0.717, 1.165) is 43.1 Å². The van der Waals surface area contributed by atoms with Crippen LogP contribution in [0.5, 0.6) is 0 Å². The first kappa shape index (κ1) is 10.7. The maximum absolute atomic E-state index is 5.73. The molecule has 90 valence electrons. The predicted molar refractivity (Wildman–Crippen MR) is 65.1 cm³/mol. The van der Waals surface area contributed by atoms with E-state index < -0.39 is 0 Å². The fourth-order valence-corrected chi connectivity index (χ4v) is 2.11. The SMILES string of the molecule is Cc1ccc2nc(CC3CNCCO3)oc2c1. The molecule has 0 saturated carbocycles. The van der Waals surface area contributed by atoms with Gasteiger partial charge in [-0.25, -0.2) is 4.98 Å². The van der Waals surface area contributed by atoms with Gasteiger partial charge in [0.1, 0.15) is 5.52 Å². The molecule has 0 bridgehead atoms. The lowest BCUT2D eigenvalue weighted by molar-refractivity contribution is 0.0257. The molecule has 3 rings (SSSR count). The third-order valence-corrected chi connectivity index (χ3v) is 2.99. The molecule has 4 heteroatoms. The summed E-state index contributed by atoms with van der Waals surface area (Å²) in [6, 6.07) is 6.07. The van der Waals surface area contributed by atoms with Crippen molar-refractivity contribution < 1.29 is 9.15 Å². The van der Waals surface area contributed by atoms with Crippen LogP contribution in [0.4, 0.5) is 0 Å². The van der Waals surface area contributed by atoms with Gasteiger partial charge in [0.15, 0.2) is 11.5 Å². The van der Waals surface area contributed by atoms with Crippen LogP contribution in [0.25, 0.3) is 11.1 Å². The summed E-state index contributed by atoms with van der Waals surface area (Å²) in [6.07, 6.45) is 0.915. The third kappa shape index (κ3) is 2.33. The number of nitrogens with zero attached hydrogens (tertiary/aromatic N) is 1. The monoisotopic (exact) mass is 232 g/mol. The molecule has 17 heavy (non-hydrogen) atoms. The summed E-state index contributed by atoms with van der Waals surface area (Å²) >= 11 is 0. The van der Waals surface area contributed by atoms with Crippen molar-refractivity contribution in [3.63, 3.8) is 0 Å². The first-order valence-corrected chi connectivity index (χ1v) is 6.00. The smallest absolute Gasteiger partial charge is 0.198 e. The number of nitrogens with one attached hydrogen (secondary N) is 1. The Hall–Kier alpha value is -1.39. The van der Waals surface area contributed by atoms with Crippen LogP contribution in [0.3, 0.4) is 0 Å². The lowest BCUT2D eigenvalue weighted by Crippen LogP contribution is -2.39. The Morgan fingerprint density at radius 3 is 3.24 bits per heavy atom. The van der Waals surface area contributed by atoms with Crippen LogP contribution < -0.4 is 5.32 Å². The van der Waals surface area contributed by atoms with E-state index in [-0.39, 0.29) is 6.10 Å². The first-order valence-electron chi connectivity index (χ1n) is 6.00. The maximum atomic E-state index is 5.73. The Morgan fingerprint density at radius 2 is 2.41 bits per heavy atom. The van der Waals surface area contributed by atoms with Crippen molar-refractivity contribution in [2.24, 2.45) is 0 Å². The van der Waals surface area contributed by atoms with Crippen molar-refractivity contribution in [1.29, 1.82) is 0 Å². The van der Waals surface area contributed by atoms with Gasteiger partial charge in [-0.05, 0) is 24.6 Å². The number of aromatic nitrogens is 1. The number of rotatable bonds is 2. The molecule has 0 amide bonds. The highest BCUT2D eigenvalue weighted by atomic mass is 16.5. The second kappa shape index (κ2) is 4.47. The fourth-order valence-electron chi connectivity index (χ4n) is 2.11. The molecule has 1 aliphatic rings. The minimum atomic E-state index is 0.179. The molecule has 2 heterocycles. The van der Waals surface area contributed by atoms with Crippen LogP contribution in [0.2, 0.25) is 0 Å². The normalized spacial score (nSPS) is 20.9. The largest absolute Gasteiger partial charge is 0.441 e. The van der Waals surface area contributed by atoms with E-state index in [1.54, 1.807) is 0 Å². The summed E-state index contributed by atoms with van der Waals surface area (Å²) in [5.74, 6) is 0.763. The van der Waals surface area contributed by atoms with Crippen LogP contribution in [0.1, 0.15) is 11.5 Å². The standard InChI is InChI=1S/C13H16N2O2/c1-9-2-3-11-12(6-9)17-13(15-11)7-10-8-14-4-5-16-10/h2-3,6,10,14H,4-5,7-8H2,1H3. The van der Waals surface area contributed by atoms with Crippen LogP contribution >= 0.6 is 0 Å². The minimum absolute atomic E-state index is 0.179. The molecule has 4 nitrogen and oxygen atoms in total. The highest BCUT2D eigenvalue weighted by Crippen LogP contribution is 2.18. The van der Waals surface area contributed by atoms with Crippen molar-refractivity contribution in [3.05, 3.63) is 29.7 Å². The van der Waals surface area contributed by atoms with Gasteiger partial charge in [0.25, 0.3) is 0 Å². The average Bonchev–Trinajstić information content (AvgIpc) is 2.71. The van der Waals surface area contributed by atoms with Crippen molar-refractivity contribution in [3.8, 4) is 0 Å². The van der Waals surface area contributed by atoms with Gasteiger partial charge in [0.2, 0.25) is 0 Å². The van der Waals surface area contributed by atoms with Crippen molar-refractivity contribution in [1.82, 2.24) is 10.3 Å². The van der Waals surface area contributed by atoms with Gasteiger partial charge in [-0.3, -0.25) is 0 Å². The van der Waals surface area contributed by atoms with Crippen molar-refractivity contribution >= 4 is 11.1 Å². The third-order valence-electron chi connectivity index (χ3n) is 2.99. The molecule has 1 aromatic carbocycles. The van der Waals surface area contributed by atoms with Gasteiger partial charge in [-0.2, -0.15) is 0 Å². The van der Waals surface area contributed by atoms with E-state index in [2.05, 4.69) is 17.2 Å². The van der Waals surface area contributed by atoms with E-state index in [1.165, 1.54) is 5.56 Å². The molecular formula is C13H16N2O2. The summed E-state index contributed by atoms with van der Waals surface area (Å²) in [5.41, 5.74) is 2.98. The molecule has 1 saturated heterocycles. The van der Waals surface area contributed by atoms with E-state index >= 15 is 0 Å². The number of benzene rings is 1. The highest BCUT2D eigenvalue weighted by molar-refractivity contribution is 5.73. The molecule has 0 radical (unpaired) electrons. The molecule has 0 aliphatic carbocycles. The van der Waals surface area contributed by atoms with E-state index in [4.69, 9.17) is 9.15 Å². The van der Waals surface area contributed by atoms with Crippen LogP contribution in [-0.4, -0.2) is 30.8 Å². The molecule has 1 atom stereocenters. The number of morpholine rings is 1. The lowest BCUT2D eigenvalue weighted by Gasteiger charge is -2.22. The Balaban J connectivity index is 1.80. The molecular weight excluding hydrogens is 216 g/mol. The molecule has 2 aromatic rings. The Morgan fingerprint density at radius 1 is 1.47 bits per heavy atom. The average molecular weight is 232 g/mol. The van der Waals surface area contributed by atoms with Gasteiger partial charge in [0, 0.05) is 13.1 Å². The summed E-state index contributed by atoms with van der Waals surface area (Å²) in [7, 11) is 0. The van der Waals surface area contributed by atoms with Crippen LogP contribution in [-0.2, 0) is 11.2 Å². The number of ether oxygens (including phenoxy) is 1. The molecule has 1 aliphatic heterocycles. The summed E-state index contributed by atoms with van der Waals surface area (Å²) in [5, 5.41) is 3.30. The quantitative estimate of drug-likeness (QED) is 0.855. The zero-order valence-electron chi connectivity index (χ0n) is 9.90.